The van der Waals surface area contributed by atoms with E-state index in [-0.39, 0.29) is 12.5 Å². The largest absolute Gasteiger partial charge is 0.481 e. The molecule has 2 amide bonds. The lowest BCUT2D eigenvalue weighted by Crippen LogP contribution is -2.52. The summed E-state index contributed by atoms with van der Waals surface area (Å²) in [7, 11) is 0. The van der Waals surface area contributed by atoms with E-state index < -0.39 is 5.97 Å². The Morgan fingerprint density at radius 3 is 3.00 bits per heavy atom. The monoisotopic (exact) mass is 241 g/mol. The van der Waals surface area contributed by atoms with Crippen molar-refractivity contribution >= 4 is 12.0 Å². The number of urea groups is 1. The van der Waals surface area contributed by atoms with Crippen LogP contribution in [0.2, 0.25) is 0 Å². The summed E-state index contributed by atoms with van der Waals surface area (Å²) in [4.78, 5) is 26.0. The third kappa shape index (κ3) is 3.09. The van der Waals surface area contributed by atoms with Crippen molar-refractivity contribution in [3.63, 3.8) is 0 Å². The first-order valence-corrected chi connectivity index (χ1v) is 6.15. The first kappa shape index (κ1) is 12.2. The fourth-order valence-corrected chi connectivity index (χ4v) is 2.48. The van der Waals surface area contributed by atoms with Crippen molar-refractivity contribution in [1.29, 1.82) is 0 Å². The molecule has 2 rings (SSSR count). The standard InChI is InChI=1S/C11H19N3O3/c15-10(16)3-1-2-4-13-5-6-14-9(8-13)7-12-11(14)17/h9H,1-8H2,(H,12,17)(H,15,16). The van der Waals surface area contributed by atoms with Crippen LogP contribution in [0.1, 0.15) is 19.3 Å². The van der Waals surface area contributed by atoms with Crippen molar-refractivity contribution in [1.82, 2.24) is 15.1 Å². The summed E-state index contributed by atoms with van der Waals surface area (Å²) in [5.41, 5.74) is 0. The summed E-state index contributed by atoms with van der Waals surface area (Å²) < 4.78 is 0. The lowest BCUT2D eigenvalue weighted by atomic mass is 10.1. The predicted molar refractivity (Wildman–Crippen MR) is 61.8 cm³/mol. The highest BCUT2D eigenvalue weighted by Crippen LogP contribution is 2.14. The highest BCUT2D eigenvalue weighted by Gasteiger charge is 2.34. The minimum Gasteiger partial charge on any atom is -0.481 e. The highest BCUT2D eigenvalue weighted by molar-refractivity contribution is 5.77. The fraction of sp³-hybridized carbons (Fsp3) is 0.818. The second-order valence-corrected chi connectivity index (χ2v) is 4.68. The summed E-state index contributed by atoms with van der Waals surface area (Å²) in [6, 6.07) is 0.358. The van der Waals surface area contributed by atoms with Gasteiger partial charge in [-0.3, -0.25) is 9.69 Å². The van der Waals surface area contributed by atoms with E-state index in [0.717, 1.165) is 45.6 Å². The summed E-state index contributed by atoms with van der Waals surface area (Å²) in [5.74, 6) is -0.722. The van der Waals surface area contributed by atoms with Gasteiger partial charge in [0.15, 0.2) is 0 Å². The zero-order valence-electron chi connectivity index (χ0n) is 9.89. The van der Waals surface area contributed by atoms with Crippen molar-refractivity contribution in [2.75, 3.05) is 32.7 Å². The molecule has 0 aliphatic carbocycles. The fourth-order valence-electron chi connectivity index (χ4n) is 2.48. The first-order chi connectivity index (χ1) is 8.16. The molecule has 0 aromatic carbocycles. The Kier molecular flexibility index (Phi) is 3.83. The molecule has 96 valence electrons. The van der Waals surface area contributed by atoms with Crippen LogP contribution >= 0.6 is 0 Å². The normalized spacial score (nSPS) is 24.6. The summed E-state index contributed by atoms with van der Waals surface area (Å²) in [5, 5.41) is 11.4. The van der Waals surface area contributed by atoms with Crippen LogP contribution in [0.15, 0.2) is 0 Å². The van der Waals surface area contributed by atoms with Gasteiger partial charge in [0.1, 0.15) is 0 Å². The van der Waals surface area contributed by atoms with E-state index in [1.165, 1.54) is 0 Å². The number of hydrogen-bond acceptors (Lipinski definition) is 3. The molecular weight excluding hydrogens is 222 g/mol. The van der Waals surface area contributed by atoms with E-state index in [4.69, 9.17) is 5.11 Å². The summed E-state index contributed by atoms with van der Waals surface area (Å²) >= 11 is 0. The van der Waals surface area contributed by atoms with Gasteiger partial charge < -0.3 is 15.3 Å². The Morgan fingerprint density at radius 2 is 2.24 bits per heavy atom. The molecule has 2 aliphatic heterocycles. The number of carboxylic acids is 1. The van der Waals surface area contributed by atoms with Crippen molar-refractivity contribution in [3.05, 3.63) is 0 Å². The average molecular weight is 241 g/mol. The van der Waals surface area contributed by atoms with E-state index in [1.54, 1.807) is 0 Å². The molecule has 0 aromatic rings. The van der Waals surface area contributed by atoms with Gasteiger partial charge in [-0.05, 0) is 19.4 Å². The average Bonchev–Trinajstić information content (AvgIpc) is 2.66. The van der Waals surface area contributed by atoms with Crippen LogP contribution in [0, 0.1) is 0 Å². The third-order valence-corrected chi connectivity index (χ3v) is 3.43. The minimum absolute atomic E-state index is 0.0560. The Balaban J connectivity index is 1.67. The number of nitrogens with zero attached hydrogens (tertiary/aromatic N) is 2. The quantitative estimate of drug-likeness (QED) is 0.662. The molecule has 6 heteroatoms. The number of aliphatic carboxylic acids is 1. The topological polar surface area (TPSA) is 72.9 Å². The van der Waals surface area contributed by atoms with E-state index in [9.17, 15) is 9.59 Å². The van der Waals surface area contributed by atoms with Gasteiger partial charge in [0.05, 0.1) is 6.04 Å². The van der Waals surface area contributed by atoms with Crippen LogP contribution in [0.5, 0.6) is 0 Å². The third-order valence-electron chi connectivity index (χ3n) is 3.43. The van der Waals surface area contributed by atoms with E-state index in [2.05, 4.69) is 10.2 Å². The van der Waals surface area contributed by atoms with Crippen LogP contribution in [0.25, 0.3) is 0 Å². The summed E-state index contributed by atoms with van der Waals surface area (Å²) in [6.07, 6.45) is 1.90. The lowest BCUT2D eigenvalue weighted by Gasteiger charge is -2.36. The molecular formula is C11H19N3O3. The van der Waals surface area contributed by atoms with Gasteiger partial charge in [0.25, 0.3) is 0 Å². The number of carboxylic acid groups (broad SMARTS) is 1. The SMILES string of the molecule is O=C(O)CCCCN1CCN2C(=O)NCC2C1. The van der Waals surface area contributed by atoms with Gasteiger partial charge in [0, 0.05) is 32.6 Å². The Labute approximate surface area is 101 Å². The molecule has 0 saturated carbocycles. The number of unbranched alkanes of at least 4 members (excludes halogenated alkanes) is 1. The first-order valence-electron chi connectivity index (χ1n) is 6.15. The number of fused-ring (bicyclic) bond motifs is 1. The number of carbonyl (C=O) groups is 2. The van der Waals surface area contributed by atoms with E-state index >= 15 is 0 Å². The van der Waals surface area contributed by atoms with Crippen LogP contribution in [-0.4, -0.2) is 65.7 Å². The maximum absolute atomic E-state index is 11.4. The molecule has 2 fully saturated rings. The number of nitrogens with one attached hydrogen (secondary N) is 1. The number of amides is 2. The second-order valence-electron chi connectivity index (χ2n) is 4.68. The Bertz CT molecular complexity index is 308. The molecule has 17 heavy (non-hydrogen) atoms. The van der Waals surface area contributed by atoms with Crippen molar-refractivity contribution < 1.29 is 14.7 Å². The molecule has 0 aromatic heterocycles. The van der Waals surface area contributed by atoms with Crippen LogP contribution in [0.4, 0.5) is 4.79 Å². The van der Waals surface area contributed by atoms with Crippen LogP contribution in [-0.2, 0) is 4.79 Å². The number of hydrogen-bond donors (Lipinski definition) is 2. The van der Waals surface area contributed by atoms with Crippen molar-refractivity contribution in [2.45, 2.75) is 25.3 Å². The lowest BCUT2D eigenvalue weighted by molar-refractivity contribution is -0.137. The Morgan fingerprint density at radius 1 is 1.41 bits per heavy atom. The maximum atomic E-state index is 11.4. The molecule has 6 nitrogen and oxygen atoms in total. The van der Waals surface area contributed by atoms with Gasteiger partial charge in [-0.1, -0.05) is 0 Å². The highest BCUT2D eigenvalue weighted by atomic mass is 16.4. The smallest absolute Gasteiger partial charge is 0.317 e. The van der Waals surface area contributed by atoms with Gasteiger partial charge in [-0.25, -0.2) is 4.79 Å². The molecule has 0 spiro atoms. The molecule has 0 radical (unpaired) electrons. The Hall–Kier alpha value is -1.30. The van der Waals surface area contributed by atoms with Gasteiger partial charge >= 0.3 is 12.0 Å². The van der Waals surface area contributed by atoms with E-state index in [0.29, 0.717) is 6.04 Å². The van der Waals surface area contributed by atoms with Crippen molar-refractivity contribution in [2.24, 2.45) is 0 Å². The number of piperazine rings is 1. The van der Waals surface area contributed by atoms with Gasteiger partial charge in [0.2, 0.25) is 0 Å². The predicted octanol–water partition coefficient (Wildman–Crippen LogP) is -0.0493. The molecule has 1 unspecified atom stereocenters. The zero-order chi connectivity index (χ0) is 12.3. The second kappa shape index (κ2) is 5.35. The minimum atomic E-state index is -0.722. The summed E-state index contributed by atoms with van der Waals surface area (Å²) in [6.45, 7) is 4.27. The zero-order valence-corrected chi connectivity index (χ0v) is 9.89. The molecule has 2 saturated heterocycles. The van der Waals surface area contributed by atoms with E-state index in [1.807, 2.05) is 4.90 Å². The van der Waals surface area contributed by atoms with Crippen LogP contribution < -0.4 is 5.32 Å². The molecule has 2 aliphatic rings. The van der Waals surface area contributed by atoms with Crippen molar-refractivity contribution in [3.8, 4) is 0 Å². The maximum Gasteiger partial charge on any atom is 0.317 e. The number of carbonyl (C=O) groups excluding carboxylic acids is 1. The molecule has 0 bridgehead atoms. The van der Waals surface area contributed by atoms with Gasteiger partial charge in [-0.15, -0.1) is 0 Å². The molecule has 2 N–H and O–H groups in total. The molecule has 2 heterocycles. The molecule has 1 atom stereocenters. The van der Waals surface area contributed by atoms with Gasteiger partial charge in [-0.2, -0.15) is 0 Å². The number of rotatable bonds is 5. The van der Waals surface area contributed by atoms with Crippen LogP contribution in [0.3, 0.4) is 0 Å².